The zero-order valence-corrected chi connectivity index (χ0v) is 31.5. The maximum absolute atomic E-state index is 10.6. The van der Waals surface area contributed by atoms with Crippen LogP contribution in [0.1, 0.15) is 5.56 Å². The van der Waals surface area contributed by atoms with Gasteiger partial charge >= 0.3 is 0 Å². The molecule has 0 aliphatic rings. The molecule has 0 spiro atoms. The van der Waals surface area contributed by atoms with E-state index in [0.717, 1.165) is 66.5 Å². The first kappa shape index (κ1) is 32.9. The summed E-state index contributed by atoms with van der Waals surface area (Å²) in [7, 11) is 0. The lowest BCUT2D eigenvalue weighted by atomic mass is 9.99. The highest BCUT2D eigenvalue weighted by Crippen LogP contribution is 2.46. The number of hydrogen-bond acceptors (Lipinski definition) is 4. The quantitative estimate of drug-likeness (QED) is 0.175. The Labute approximate surface area is 338 Å². The van der Waals surface area contributed by atoms with Crippen molar-refractivity contribution in [3.05, 3.63) is 194 Å². The SMILES string of the molecule is N#Cc1c(-c2ccccc2)nc(-c2ccc(-n3c4ccccc4c4ccc5c(c6ccccc6n5-c5ccccc5)c43)c3c2oc2ccccc23)nc1-c1ccccc1. The standard InChI is InChI=1S/C53H31N5O/c54-32-41-49(33-16-4-1-5-17-33)55-53(56-50(41)34-18-6-2-7-19-34)40-29-31-45(48-39-24-12-15-27-46(39)59-52(40)48)58-42-25-13-10-22-36(42)37-28-30-44-47(51(37)58)38-23-11-14-26-43(38)57(44)35-20-8-3-9-21-35/h1-31H. The van der Waals surface area contributed by atoms with Crippen LogP contribution in [0.25, 0.3) is 111 Å². The summed E-state index contributed by atoms with van der Waals surface area (Å²) in [5, 5.41) is 17.3. The highest BCUT2D eigenvalue weighted by Gasteiger charge is 2.26. The number of furan rings is 1. The highest BCUT2D eigenvalue weighted by molar-refractivity contribution is 6.27. The second-order valence-corrected chi connectivity index (χ2v) is 14.8. The van der Waals surface area contributed by atoms with Gasteiger partial charge in [0.25, 0.3) is 0 Å². The van der Waals surface area contributed by atoms with Crippen LogP contribution in [0, 0.1) is 11.3 Å². The van der Waals surface area contributed by atoms with E-state index in [1.807, 2.05) is 72.8 Å². The molecule has 0 unspecified atom stereocenters. The molecule has 0 radical (unpaired) electrons. The van der Waals surface area contributed by atoms with Crippen molar-refractivity contribution in [3.63, 3.8) is 0 Å². The Kier molecular flexibility index (Phi) is 7.19. The molecule has 6 nitrogen and oxygen atoms in total. The molecule has 4 heterocycles. The number of para-hydroxylation sites is 4. The minimum atomic E-state index is 0.424. The van der Waals surface area contributed by atoms with Gasteiger partial charge in [-0.1, -0.05) is 140 Å². The molecule has 274 valence electrons. The van der Waals surface area contributed by atoms with Crippen LogP contribution >= 0.6 is 0 Å². The molecule has 0 N–H and O–H groups in total. The van der Waals surface area contributed by atoms with E-state index >= 15 is 0 Å². The summed E-state index contributed by atoms with van der Waals surface area (Å²) < 4.78 is 11.7. The van der Waals surface area contributed by atoms with Crippen LogP contribution in [-0.4, -0.2) is 19.1 Å². The number of nitriles is 1. The molecule has 0 bridgehead atoms. The molecule has 0 fully saturated rings. The summed E-state index contributed by atoms with van der Waals surface area (Å²) >= 11 is 0. The lowest BCUT2D eigenvalue weighted by molar-refractivity contribution is 0.669. The van der Waals surface area contributed by atoms with Gasteiger partial charge in [-0.15, -0.1) is 0 Å². The fraction of sp³-hybridized carbons (Fsp3) is 0. The molecule has 0 amide bonds. The number of rotatable bonds is 5. The molecule has 4 aromatic heterocycles. The first-order valence-electron chi connectivity index (χ1n) is 19.7. The van der Waals surface area contributed by atoms with Crippen LogP contribution in [0.5, 0.6) is 0 Å². The topological polar surface area (TPSA) is 72.6 Å². The Morgan fingerprint density at radius 1 is 0.458 bits per heavy atom. The molecule has 0 saturated heterocycles. The third-order valence-corrected chi connectivity index (χ3v) is 11.6. The van der Waals surface area contributed by atoms with E-state index in [2.05, 4.69) is 130 Å². The van der Waals surface area contributed by atoms with Gasteiger partial charge in [-0.05, 0) is 48.5 Å². The van der Waals surface area contributed by atoms with Crippen LogP contribution in [0.15, 0.2) is 192 Å². The predicted molar refractivity (Wildman–Crippen MR) is 239 cm³/mol. The summed E-state index contributed by atoms with van der Waals surface area (Å²) in [6, 6.07) is 67.1. The van der Waals surface area contributed by atoms with Gasteiger partial charge in [0.2, 0.25) is 0 Å². The van der Waals surface area contributed by atoms with Crippen molar-refractivity contribution in [2.45, 2.75) is 0 Å². The third kappa shape index (κ3) is 4.86. The largest absolute Gasteiger partial charge is 0.455 e. The summed E-state index contributed by atoms with van der Waals surface area (Å²) in [4.78, 5) is 10.4. The highest BCUT2D eigenvalue weighted by atomic mass is 16.3. The molecule has 0 aliphatic carbocycles. The average molecular weight is 754 g/mol. The van der Waals surface area contributed by atoms with Crippen LogP contribution in [0.2, 0.25) is 0 Å². The molecule has 6 heteroatoms. The van der Waals surface area contributed by atoms with Gasteiger partial charge in [0.15, 0.2) is 5.82 Å². The van der Waals surface area contributed by atoms with Crippen molar-refractivity contribution in [3.8, 4) is 51.3 Å². The fourth-order valence-electron chi connectivity index (χ4n) is 9.08. The number of fused-ring (bicyclic) bond motifs is 10. The van der Waals surface area contributed by atoms with Gasteiger partial charge in [-0.25, -0.2) is 9.97 Å². The first-order valence-corrected chi connectivity index (χ1v) is 19.7. The smallest absolute Gasteiger partial charge is 0.164 e. The summed E-state index contributed by atoms with van der Waals surface area (Å²) in [5.74, 6) is 0.479. The minimum absolute atomic E-state index is 0.424. The summed E-state index contributed by atoms with van der Waals surface area (Å²) in [6.07, 6.45) is 0. The van der Waals surface area contributed by atoms with E-state index in [1.165, 1.54) is 21.5 Å². The monoisotopic (exact) mass is 753 g/mol. The van der Waals surface area contributed by atoms with Gasteiger partial charge < -0.3 is 13.6 Å². The second kappa shape index (κ2) is 12.9. The maximum Gasteiger partial charge on any atom is 0.164 e. The van der Waals surface area contributed by atoms with Crippen LogP contribution in [0.3, 0.4) is 0 Å². The van der Waals surface area contributed by atoms with Crippen LogP contribution in [-0.2, 0) is 0 Å². The van der Waals surface area contributed by atoms with Crippen molar-refractivity contribution < 1.29 is 4.42 Å². The molecule has 8 aromatic carbocycles. The van der Waals surface area contributed by atoms with Crippen molar-refractivity contribution in [2.24, 2.45) is 0 Å². The van der Waals surface area contributed by atoms with Gasteiger partial charge in [0.05, 0.1) is 50.1 Å². The Morgan fingerprint density at radius 2 is 1.03 bits per heavy atom. The lowest BCUT2D eigenvalue weighted by Crippen LogP contribution is -2.02. The Morgan fingerprint density at radius 3 is 1.71 bits per heavy atom. The van der Waals surface area contributed by atoms with Gasteiger partial charge in [-0.3, -0.25) is 0 Å². The molecule has 59 heavy (non-hydrogen) atoms. The molecule has 12 rings (SSSR count). The van der Waals surface area contributed by atoms with E-state index in [-0.39, 0.29) is 0 Å². The Balaban J connectivity index is 1.21. The molecule has 0 atom stereocenters. The Bertz CT molecular complexity index is 3610. The summed E-state index contributed by atoms with van der Waals surface area (Å²) in [6.45, 7) is 0. The van der Waals surface area contributed by atoms with E-state index < -0.39 is 0 Å². The van der Waals surface area contributed by atoms with Gasteiger partial charge in [-0.2, -0.15) is 5.26 Å². The van der Waals surface area contributed by atoms with Crippen LogP contribution < -0.4 is 0 Å². The van der Waals surface area contributed by atoms with Crippen molar-refractivity contribution in [2.75, 3.05) is 0 Å². The molecule has 12 aromatic rings. The lowest BCUT2D eigenvalue weighted by Gasteiger charge is -2.14. The van der Waals surface area contributed by atoms with E-state index in [1.54, 1.807) is 0 Å². The van der Waals surface area contributed by atoms with Crippen molar-refractivity contribution in [1.29, 1.82) is 5.26 Å². The minimum Gasteiger partial charge on any atom is -0.455 e. The fourth-order valence-corrected chi connectivity index (χ4v) is 9.08. The van der Waals surface area contributed by atoms with E-state index in [4.69, 9.17) is 14.4 Å². The Hall–Kier alpha value is -8.27. The second-order valence-electron chi connectivity index (χ2n) is 14.8. The third-order valence-electron chi connectivity index (χ3n) is 11.6. The van der Waals surface area contributed by atoms with Crippen LogP contribution in [0.4, 0.5) is 0 Å². The zero-order valence-electron chi connectivity index (χ0n) is 31.5. The molecular formula is C53H31N5O. The van der Waals surface area contributed by atoms with E-state index in [0.29, 0.717) is 28.4 Å². The number of aromatic nitrogens is 4. The number of hydrogen-bond donors (Lipinski definition) is 0. The zero-order chi connectivity index (χ0) is 39.0. The summed E-state index contributed by atoms with van der Waals surface area (Å²) in [5.41, 5.74) is 12.0. The van der Waals surface area contributed by atoms with Gasteiger partial charge in [0, 0.05) is 43.7 Å². The normalized spacial score (nSPS) is 11.7. The van der Waals surface area contributed by atoms with Crippen molar-refractivity contribution >= 4 is 65.6 Å². The van der Waals surface area contributed by atoms with Crippen molar-refractivity contribution in [1.82, 2.24) is 19.1 Å². The van der Waals surface area contributed by atoms with E-state index in [9.17, 15) is 5.26 Å². The first-order chi connectivity index (χ1) is 29.3. The number of benzene rings is 8. The van der Waals surface area contributed by atoms with Gasteiger partial charge in [0.1, 0.15) is 22.8 Å². The molecule has 0 aliphatic heterocycles. The maximum atomic E-state index is 10.6. The number of nitrogens with zero attached hydrogens (tertiary/aromatic N) is 5. The molecule has 0 saturated carbocycles. The average Bonchev–Trinajstić information content (AvgIpc) is 3.97. The predicted octanol–water partition coefficient (Wildman–Crippen LogP) is 13.4. The molecular weight excluding hydrogens is 723 g/mol.